The van der Waals surface area contributed by atoms with E-state index in [-0.39, 0.29) is 6.42 Å². The predicted octanol–water partition coefficient (Wildman–Crippen LogP) is 1.93. The van der Waals surface area contributed by atoms with Gasteiger partial charge in [-0.3, -0.25) is 4.79 Å². The molecule has 0 aromatic rings. The summed E-state index contributed by atoms with van der Waals surface area (Å²) in [4.78, 5) is 10.5. The van der Waals surface area contributed by atoms with Gasteiger partial charge in [-0.25, -0.2) is 0 Å². The third-order valence-corrected chi connectivity index (χ3v) is 2.12. The Morgan fingerprint density at radius 1 is 1.83 bits per heavy atom. The number of carbonyl (C=O) groups is 1. The number of aliphatic carboxylic acids is 1. The van der Waals surface area contributed by atoms with E-state index in [9.17, 15) is 4.79 Å². The molecule has 0 aromatic heterocycles. The highest BCUT2D eigenvalue weighted by atomic mass is 16.5. The van der Waals surface area contributed by atoms with Crippen molar-refractivity contribution in [3.63, 3.8) is 0 Å². The fourth-order valence-electron chi connectivity index (χ4n) is 1.27. The second-order valence-electron chi connectivity index (χ2n) is 3.60. The lowest BCUT2D eigenvalue weighted by Crippen LogP contribution is -2.32. The van der Waals surface area contributed by atoms with Gasteiger partial charge >= 0.3 is 5.97 Å². The highest BCUT2D eigenvalue weighted by Crippen LogP contribution is 2.29. The number of carboxylic acids is 1. The molecule has 3 heteroatoms. The fraction of sp³-hybridized carbons (Fsp3) is 0.667. The Labute approximate surface area is 72.0 Å². The van der Waals surface area contributed by atoms with Crippen molar-refractivity contribution in [3.05, 3.63) is 11.8 Å². The number of carboxylic acid groups (broad SMARTS) is 1. The Morgan fingerprint density at radius 2 is 2.50 bits per heavy atom. The van der Waals surface area contributed by atoms with Gasteiger partial charge in [0.05, 0.1) is 12.7 Å². The molecule has 0 aliphatic carbocycles. The van der Waals surface area contributed by atoms with Crippen molar-refractivity contribution >= 4 is 5.97 Å². The zero-order valence-corrected chi connectivity index (χ0v) is 7.46. The molecule has 0 amide bonds. The molecule has 1 rings (SSSR count). The molecule has 1 heterocycles. The molecule has 68 valence electrons. The molecule has 0 aromatic carbocycles. The molecule has 0 saturated carbocycles. The second kappa shape index (κ2) is 3.17. The summed E-state index contributed by atoms with van der Waals surface area (Å²) >= 11 is 0. The smallest absolute Gasteiger partial charge is 0.307 e. The third-order valence-electron chi connectivity index (χ3n) is 2.12. The van der Waals surface area contributed by atoms with Crippen LogP contribution in [0.4, 0.5) is 0 Å². The quantitative estimate of drug-likeness (QED) is 0.688. The maximum atomic E-state index is 10.5. The van der Waals surface area contributed by atoms with Crippen molar-refractivity contribution in [3.8, 4) is 0 Å². The summed E-state index contributed by atoms with van der Waals surface area (Å²) in [6.45, 7) is 3.82. The number of rotatable bonds is 2. The first-order valence-electron chi connectivity index (χ1n) is 4.07. The molecule has 1 aliphatic rings. The van der Waals surface area contributed by atoms with E-state index in [1.807, 2.05) is 13.8 Å². The van der Waals surface area contributed by atoms with E-state index in [1.54, 1.807) is 6.26 Å². The molecule has 0 saturated heterocycles. The van der Waals surface area contributed by atoms with Crippen LogP contribution in [0.3, 0.4) is 0 Å². The number of hydrogen-bond donors (Lipinski definition) is 1. The van der Waals surface area contributed by atoms with E-state index < -0.39 is 11.6 Å². The van der Waals surface area contributed by atoms with Crippen molar-refractivity contribution < 1.29 is 14.6 Å². The first kappa shape index (κ1) is 9.10. The van der Waals surface area contributed by atoms with Gasteiger partial charge in [-0.2, -0.15) is 0 Å². The lowest BCUT2D eigenvalue weighted by molar-refractivity contribution is -0.142. The van der Waals surface area contributed by atoms with E-state index in [2.05, 4.69) is 0 Å². The summed E-state index contributed by atoms with van der Waals surface area (Å²) in [5, 5.41) is 8.60. The maximum absolute atomic E-state index is 10.5. The van der Waals surface area contributed by atoms with Gasteiger partial charge < -0.3 is 9.84 Å². The molecule has 0 spiro atoms. The molecule has 12 heavy (non-hydrogen) atoms. The summed E-state index contributed by atoms with van der Waals surface area (Å²) < 4.78 is 5.35. The minimum Gasteiger partial charge on any atom is -0.495 e. The summed E-state index contributed by atoms with van der Waals surface area (Å²) in [6.07, 6.45) is 3.48. The highest BCUT2D eigenvalue weighted by Gasteiger charge is 2.30. The van der Waals surface area contributed by atoms with Crippen LogP contribution in [0.25, 0.3) is 0 Å². The van der Waals surface area contributed by atoms with E-state index in [0.717, 1.165) is 12.8 Å². The average Bonchev–Trinajstić information content (AvgIpc) is 1.94. The predicted molar refractivity (Wildman–Crippen MR) is 44.7 cm³/mol. The van der Waals surface area contributed by atoms with Crippen LogP contribution in [0.15, 0.2) is 11.8 Å². The lowest BCUT2D eigenvalue weighted by atomic mass is 9.92. The van der Waals surface area contributed by atoms with E-state index in [1.165, 1.54) is 5.57 Å². The Hall–Kier alpha value is -0.990. The van der Waals surface area contributed by atoms with Crippen molar-refractivity contribution in [2.24, 2.45) is 0 Å². The van der Waals surface area contributed by atoms with Gasteiger partial charge in [0.15, 0.2) is 0 Å². The minimum atomic E-state index is -0.801. The van der Waals surface area contributed by atoms with Gasteiger partial charge in [-0.1, -0.05) is 0 Å². The first-order valence-corrected chi connectivity index (χ1v) is 4.07. The zero-order valence-electron chi connectivity index (χ0n) is 7.46. The third kappa shape index (κ3) is 2.26. The minimum absolute atomic E-state index is 0.0801. The Balaban J connectivity index is 2.57. The van der Waals surface area contributed by atoms with Gasteiger partial charge in [0, 0.05) is 0 Å². The number of ether oxygens (including phenoxy) is 1. The average molecular weight is 170 g/mol. The summed E-state index contributed by atoms with van der Waals surface area (Å²) in [7, 11) is 0. The second-order valence-corrected chi connectivity index (χ2v) is 3.60. The summed E-state index contributed by atoms with van der Waals surface area (Å²) in [6, 6.07) is 0. The SMILES string of the molecule is CC1=COC(C)(CC(=O)O)CC1. The molecule has 0 radical (unpaired) electrons. The molecule has 1 N–H and O–H groups in total. The molecule has 1 unspecified atom stereocenters. The van der Waals surface area contributed by atoms with Gasteiger partial charge in [0.1, 0.15) is 5.60 Å². The fourth-order valence-corrected chi connectivity index (χ4v) is 1.27. The van der Waals surface area contributed by atoms with Gasteiger partial charge in [-0.15, -0.1) is 0 Å². The van der Waals surface area contributed by atoms with E-state index >= 15 is 0 Å². The molecular weight excluding hydrogens is 156 g/mol. The van der Waals surface area contributed by atoms with Crippen LogP contribution in [0.1, 0.15) is 33.1 Å². The van der Waals surface area contributed by atoms with Gasteiger partial charge in [0.2, 0.25) is 0 Å². The molecule has 0 bridgehead atoms. The van der Waals surface area contributed by atoms with Crippen LogP contribution in [0.5, 0.6) is 0 Å². The molecule has 1 atom stereocenters. The van der Waals surface area contributed by atoms with Crippen molar-refractivity contribution in [1.82, 2.24) is 0 Å². The van der Waals surface area contributed by atoms with Crippen molar-refractivity contribution in [1.29, 1.82) is 0 Å². The monoisotopic (exact) mass is 170 g/mol. The maximum Gasteiger partial charge on any atom is 0.307 e. The summed E-state index contributed by atoms with van der Waals surface area (Å²) in [5.41, 5.74) is 0.684. The van der Waals surface area contributed by atoms with E-state index in [0.29, 0.717) is 0 Å². The first-order chi connectivity index (χ1) is 5.52. The molecule has 0 fully saturated rings. The van der Waals surface area contributed by atoms with Crippen molar-refractivity contribution in [2.75, 3.05) is 0 Å². The summed E-state index contributed by atoms with van der Waals surface area (Å²) in [5.74, 6) is -0.801. The number of hydrogen-bond acceptors (Lipinski definition) is 2. The Morgan fingerprint density at radius 3 is 2.92 bits per heavy atom. The highest BCUT2D eigenvalue weighted by molar-refractivity contribution is 5.68. The lowest BCUT2D eigenvalue weighted by Gasteiger charge is -2.31. The Kier molecular flexibility index (Phi) is 2.40. The Bertz CT molecular complexity index is 220. The molecular formula is C9H14O3. The normalized spacial score (nSPS) is 29.0. The van der Waals surface area contributed by atoms with Crippen LogP contribution in [-0.2, 0) is 9.53 Å². The topological polar surface area (TPSA) is 46.5 Å². The van der Waals surface area contributed by atoms with Crippen LogP contribution in [0, 0.1) is 0 Å². The van der Waals surface area contributed by atoms with Crippen LogP contribution in [0.2, 0.25) is 0 Å². The standard InChI is InChI=1S/C9H14O3/c1-7-3-4-9(2,12-6-7)5-8(10)11/h6H,3-5H2,1-2H3,(H,10,11). The van der Waals surface area contributed by atoms with Crippen LogP contribution >= 0.6 is 0 Å². The van der Waals surface area contributed by atoms with Crippen LogP contribution < -0.4 is 0 Å². The molecule has 1 aliphatic heterocycles. The largest absolute Gasteiger partial charge is 0.495 e. The van der Waals surface area contributed by atoms with Gasteiger partial charge in [-0.05, 0) is 32.3 Å². The zero-order chi connectivity index (χ0) is 9.19. The van der Waals surface area contributed by atoms with Gasteiger partial charge in [0.25, 0.3) is 0 Å². The van der Waals surface area contributed by atoms with Crippen LogP contribution in [-0.4, -0.2) is 16.7 Å². The number of allylic oxidation sites excluding steroid dienone is 1. The molecule has 3 nitrogen and oxygen atoms in total. The van der Waals surface area contributed by atoms with Crippen molar-refractivity contribution in [2.45, 2.75) is 38.7 Å². The van der Waals surface area contributed by atoms with E-state index in [4.69, 9.17) is 9.84 Å².